The molecule has 1 heterocycles. The van der Waals surface area contributed by atoms with Crippen LogP contribution in [0.1, 0.15) is 41.9 Å². The SMILES string of the molecule is CCCNC(Cc1ccc(C)cc1Cl)c1cnc(C)cn1. The van der Waals surface area contributed by atoms with Crippen LogP contribution in [-0.2, 0) is 6.42 Å². The molecule has 1 aromatic heterocycles. The van der Waals surface area contributed by atoms with Gasteiger partial charge >= 0.3 is 0 Å². The molecular formula is C17H22ClN3. The van der Waals surface area contributed by atoms with E-state index in [0.717, 1.165) is 41.4 Å². The van der Waals surface area contributed by atoms with Crippen molar-refractivity contribution in [2.45, 2.75) is 39.7 Å². The average molecular weight is 304 g/mol. The van der Waals surface area contributed by atoms with Crippen LogP contribution in [0.3, 0.4) is 0 Å². The van der Waals surface area contributed by atoms with Gasteiger partial charge in [-0.2, -0.15) is 0 Å². The molecule has 0 radical (unpaired) electrons. The molecule has 0 bridgehead atoms. The van der Waals surface area contributed by atoms with Crippen molar-refractivity contribution in [2.24, 2.45) is 0 Å². The van der Waals surface area contributed by atoms with E-state index in [9.17, 15) is 0 Å². The molecule has 0 aliphatic rings. The molecule has 0 saturated heterocycles. The minimum absolute atomic E-state index is 0.137. The Bertz CT molecular complexity index is 581. The fourth-order valence-corrected chi connectivity index (χ4v) is 2.53. The molecule has 2 aromatic rings. The predicted molar refractivity (Wildman–Crippen MR) is 87.7 cm³/mol. The van der Waals surface area contributed by atoms with Crippen molar-refractivity contribution in [3.05, 3.63) is 58.1 Å². The van der Waals surface area contributed by atoms with Crippen LogP contribution in [0.15, 0.2) is 30.6 Å². The van der Waals surface area contributed by atoms with E-state index in [1.54, 1.807) is 0 Å². The topological polar surface area (TPSA) is 37.8 Å². The molecule has 0 fully saturated rings. The molecule has 0 amide bonds. The number of hydrogen-bond donors (Lipinski definition) is 1. The van der Waals surface area contributed by atoms with Gasteiger partial charge in [-0.25, -0.2) is 0 Å². The highest BCUT2D eigenvalue weighted by molar-refractivity contribution is 6.31. The number of hydrogen-bond acceptors (Lipinski definition) is 3. The first-order valence-corrected chi connectivity index (χ1v) is 7.75. The first-order valence-electron chi connectivity index (χ1n) is 7.37. The van der Waals surface area contributed by atoms with Gasteiger partial charge in [-0.3, -0.25) is 9.97 Å². The molecule has 112 valence electrons. The Labute approximate surface area is 131 Å². The molecule has 0 aliphatic heterocycles. The number of rotatable bonds is 6. The summed E-state index contributed by atoms with van der Waals surface area (Å²) in [4.78, 5) is 8.86. The summed E-state index contributed by atoms with van der Waals surface area (Å²) in [6, 6.07) is 6.34. The standard InChI is InChI=1S/C17H22ClN3/c1-4-7-19-16(17-11-20-13(3)10-21-17)9-14-6-5-12(2)8-15(14)18/h5-6,8,10-11,16,19H,4,7,9H2,1-3H3. The van der Waals surface area contributed by atoms with Crippen molar-refractivity contribution < 1.29 is 0 Å². The second-order valence-electron chi connectivity index (χ2n) is 5.39. The summed E-state index contributed by atoms with van der Waals surface area (Å²) in [6.45, 7) is 7.10. The lowest BCUT2D eigenvalue weighted by Gasteiger charge is -2.19. The molecule has 1 N–H and O–H groups in total. The van der Waals surface area contributed by atoms with E-state index in [2.05, 4.69) is 34.3 Å². The Kier molecular flexibility index (Phi) is 5.71. The Balaban J connectivity index is 2.21. The number of aromatic nitrogens is 2. The van der Waals surface area contributed by atoms with Gasteiger partial charge in [-0.05, 0) is 50.4 Å². The minimum atomic E-state index is 0.137. The largest absolute Gasteiger partial charge is 0.308 e. The van der Waals surface area contributed by atoms with Crippen LogP contribution in [0.2, 0.25) is 5.02 Å². The van der Waals surface area contributed by atoms with Crippen LogP contribution in [0, 0.1) is 13.8 Å². The maximum absolute atomic E-state index is 6.36. The van der Waals surface area contributed by atoms with E-state index in [4.69, 9.17) is 11.6 Å². The van der Waals surface area contributed by atoms with E-state index in [1.165, 1.54) is 5.56 Å². The second kappa shape index (κ2) is 7.53. The Hall–Kier alpha value is -1.45. The van der Waals surface area contributed by atoms with Gasteiger partial charge in [0, 0.05) is 11.2 Å². The number of halogens is 1. The maximum atomic E-state index is 6.36. The molecule has 1 unspecified atom stereocenters. The predicted octanol–water partition coefficient (Wildman–Crippen LogP) is 4.03. The van der Waals surface area contributed by atoms with Crippen LogP contribution in [0.4, 0.5) is 0 Å². The van der Waals surface area contributed by atoms with Crippen LogP contribution in [0.25, 0.3) is 0 Å². The Morgan fingerprint density at radius 3 is 2.62 bits per heavy atom. The van der Waals surface area contributed by atoms with Gasteiger partial charge < -0.3 is 5.32 Å². The van der Waals surface area contributed by atoms with Crippen molar-refractivity contribution in [1.29, 1.82) is 0 Å². The van der Waals surface area contributed by atoms with Gasteiger partial charge in [0.2, 0.25) is 0 Å². The highest BCUT2D eigenvalue weighted by Gasteiger charge is 2.15. The van der Waals surface area contributed by atoms with Crippen molar-refractivity contribution in [3.63, 3.8) is 0 Å². The van der Waals surface area contributed by atoms with Crippen LogP contribution in [0.5, 0.6) is 0 Å². The van der Waals surface area contributed by atoms with Gasteiger partial charge in [0.25, 0.3) is 0 Å². The van der Waals surface area contributed by atoms with E-state index in [1.807, 2.05) is 32.3 Å². The lowest BCUT2D eigenvalue weighted by molar-refractivity contribution is 0.515. The first kappa shape index (κ1) is 15.9. The highest BCUT2D eigenvalue weighted by Crippen LogP contribution is 2.23. The summed E-state index contributed by atoms with van der Waals surface area (Å²) < 4.78 is 0. The number of nitrogens with zero attached hydrogens (tertiary/aromatic N) is 2. The summed E-state index contributed by atoms with van der Waals surface area (Å²) in [7, 11) is 0. The zero-order valence-corrected chi connectivity index (χ0v) is 13.6. The van der Waals surface area contributed by atoms with E-state index in [0.29, 0.717) is 0 Å². The van der Waals surface area contributed by atoms with Gasteiger partial charge in [0.05, 0.1) is 23.6 Å². The van der Waals surface area contributed by atoms with Crippen molar-refractivity contribution in [2.75, 3.05) is 6.54 Å². The normalized spacial score (nSPS) is 12.4. The monoisotopic (exact) mass is 303 g/mol. The second-order valence-corrected chi connectivity index (χ2v) is 5.80. The lowest BCUT2D eigenvalue weighted by atomic mass is 10.0. The summed E-state index contributed by atoms with van der Waals surface area (Å²) in [5, 5.41) is 4.35. The lowest BCUT2D eigenvalue weighted by Crippen LogP contribution is -2.25. The number of nitrogens with one attached hydrogen (secondary N) is 1. The number of benzene rings is 1. The van der Waals surface area contributed by atoms with E-state index >= 15 is 0 Å². The zero-order valence-electron chi connectivity index (χ0n) is 12.9. The molecule has 21 heavy (non-hydrogen) atoms. The summed E-state index contributed by atoms with van der Waals surface area (Å²) >= 11 is 6.36. The molecule has 0 spiro atoms. The molecule has 4 heteroatoms. The third kappa shape index (κ3) is 4.51. The van der Waals surface area contributed by atoms with Crippen LogP contribution < -0.4 is 5.32 Å². The quantitative estimate of drug-likeness (QED) is 0.875. The zero-order chi connectivity index (χ0) is 15.2. The smallest absolute Gasteiger partial charge is 0.0759 e. The van der Waals surface area contributed by atoms with Crippen molar-refractivity contribution in [3.8, 4) is 0 Å². The fourth-order valence-electron chi connectivity index (χ4n) is 2.22. The third-order valence-electron chi connectivity index (χ3n) is 3.43. The summed E-state index contributed by atoms with van der Waals surface area (Å²) in [5.74, 6) is 0. The molecule has 2 rings (SSSR count). The number of aryl methyl sites for hydroxylation is 2. The summed E-state index contributed by atoms with van der Waals surface area (Å²) in [6.07, 6.45) is 5.56. The van der Waals surface area contributed by atoms with Crippen molar-refractivity contribution in [1.82, 2.24) is 15.3 Å². The first-order chi connectivity index (χ1) is 10.1. The molecule has 0 saturated carbocycles. The Morgan fingerprint density at radius 1 is 1.19 bits per heavy atom. The molecular weight excluding hydrogens is 282 g/mol. The van der Waals surface area contributed by atoms with E-state index < -0.39 is 0 Å². The summed E-state index contributed by atoms with van der Waals surface area (Å²) in [5.41, 5.74) is 4.21. The Morgan fingerprint density at radius 2 is 2.00 bits per heavy atom. The van der Waals surface area contributed by atoms with Gasteiger partial charge in [-0.1, -0.05) is 30.7 Å². The molecule has 1 atom stereocenters. The van der Waals surface area contributed by atoms with Crippen molar-refractivity contribution >= 4 is 11.6 Å². The molecule has 0 aliphatic carbocycles. The minimum Gasteiger partial charge on any atom is -0.308 e. The fraction of sp³-hybridized carbons (Fsp3) is 0.412. The molecule has 3 nitrogen and oxygen atoms in total. The maximum Gasteiger partial charge on any atom is 0.0759 e. The highest BCUT2D eigenvalue weighted by atomic mass is 35.5. The van der Waals surface area contributed by atoms with Crippen LogP contribution >= 0.6 is 11.6 Å². The average Bonchev–Trinajstić information content (AvgIpc) is 2.46. The van der Waals surface area contributed by atoms with Gasteiger partial charge in [0.1, 0.15) is 0 Å². The molecule has 1 aromatic carbocycles. The van der Waals surface area contributed by atoms with Gasteiger partial charge in [0.15, 0.2) is 0 Å². The van der Waals surface area contributed by atoms with E-state index in [-0.39, 0.29) is 6.04 Å². The third-order valence-corrected chi connectivity index (χ3v) is 3.78. The van der Waals surface area contributed by atoms with Crippen LogP contribution in [-0.4, -0.2) is 16.5 Å². The van der Waals surface area contributed by atoms with Gasteiger partial charge in [-0.15, -0.1) is 0 Å².